The molecule has 3 rings (SSSR count). The number of unbranched alkanes of at least 4 members (excludes halogenated alkanes) is 3. The van der Waals surface area contributed by atoms with Crippen LogP contribution in [0.3, 0.4) is 0 Å². The minimum atomic E-state index is -0.379. The van der Waals surface area contributed by atoms with Crippen LogP contribution in [0.5, 0.6) is 0 Å². The highest BCUT2D eigenvalue weighted by atomic mass is 35.5. The topological polar surface area (TPSA) is 95.5 Å². The van der Waals surface area contributed by atoms with Crippen molar-refractivity contribution in [1.29, 1.82) is 0 Å². The van der Waals surface area contributed by atoms with Gasteiger partial charge in [-0.25, -0.2) is 5.48 Å². The molecule has 0 fully saturated rings. The van der Waals surface area contributed by atoms with Gasteiger partial charge in [0.25, 0.3) is 0 Å². The van der Waals surface area contributed by atoms with E-state index < -0.39 is 0 Å². The maximum atomic E-state index is 12.4. The third-order valence-corrected chi connectivity index (χ3v) is 6.46. The highest BCUT2D eigenvalue weighted by molar-refractivity contribution is 6.34. The highest BCUT2D eigenvalue weighted by Crippen LogP contribution is 2.32. The molecule has 0 saturated heterocycles. The lowest BCUT2D eigenvalue weighted by Gasteiger charge is -2.14. The second kappa shape index (κ2) is 13.4. The van der Waals surface area contributed by atoms with Gasteiger partial charge >= 0.3 is 0 Å². The molecule has 2 aromatic rings. The predicted molar refractivity (Wildman–Crippen MR) is 137 cm³/mol. The summed E-state index contributed by atoms with van der Waals surface area (Å²) in [6.45, 7) is 0. The molecule has 0 spiro atoms. The van der Waals surface area contributed by atoms with Crippen molar-refractivity contribution in [3.63, 3.8) is 0 Å². The summed E-state index contributed by atoms with van der Waals surface area (Å²) < 4.78 is 0. The standard InChI is InChI=1S/C27H30Cl2N2O4/c28-21-14-19(15-22(29)17-21)16-23(32)10-7-18-8-11-24-20(13-18)9-12-25(24)30-26(33)5-3-1-2-4-6-27(34)31-35/h7-8,10-11,13-15,17,25,35H,1-6,9,12,16H2,(H,30,33)(H,31,34)/b10-7+. The van der Waals surface area contributed by atoms with Crippen molar-refractivity contribution in [3.8, 4) is 0 Å². The van der Waals surface area contributed by atoms with E-state index in [1.54, 1.807) is 29.8 Å². The lowest BCUT2D eigenvalue weighted by Crippen LogP contribution is -2.26. The van der Waals surface area contributed by atoms with Gasteiger partial charge in [0.1, 0.15) is 0 Å². The number of aryl methyl sites for hydroxylation is 1. The molecule has 1 aliphatic rings. The van der Waals surface area contributed by atoms with Crippen LogP contribution in [0, 0.1) is 0 Å². The van der Waals surface area contributed by atoms with Crippen LogP contribution in [0.2, 0.25) is 10.0 Å². The monoisotopic (exact) mass is 516 g/mol. The van der Waals surface area contributed by atoms with Crippen molar-refractivity contribution >= 4 is 46.9 Å². The molecule has 186 valence electrons. The van der Waals surface area contributed by atoms with Crippen LogP contribution in [0.4, 0.5) is 0 Å². The van der Waals surface area contributed by atoms with Crippen molar-refractivity contribution in [2.24, 2.45) is 0 Å². The van der Waals surface area contributed by atoms with Gasteiger partial charge in [-0.3, -0.25) is 19.6 Å². The Morgan fingerprint density at radius 3 is 2.31 bits per heavy atom. The molecule has 35 heavy (non-hydrogen) atoms. The van der Waals surface area contributed by atoms with Crippen molar-refractivity contribution in [2.45, 2.75) is 63.8 Å². The quantitative estimate of drug-likeness (QED) is 0.144. The van der Waals surface area contributed by atoms with E-state index in [9.17, 15) is 14.4 Å². The molecule has 3 N–H and O–H groups in total. The van der Waals surface area contributed by atoms with Gasteiger partial charge < -0.3 is 5.32 Å². The third kappa shape index (κ3) is 8.80. The first kappa shape index (κ1) is 26.9. The molecule has 1 aliphatic carbocycles. The van der Waals surface area contributed by atoms with Gasteiger partial charge in [-0.1, -0.05) is 60.3 Å². The number of hydrogen-bond donors (Lipinski definition) is 3. The molecular weight excluding hydrogens is 487 g/mol. The molecule has 6 nitrogen and oxygen atoms in total. The minimum Gasteiger partial charge on any atom is -0.349 e. The van der Waals surface area contributed by atoms with Crippen LogP contribution in [0.25, 0.3) is 6.08 Å². The van der Waals surface area contributed by atoms with E-state index in [4.69, 9.17) is 28.4 Å². The summed E-state index contributed by atoms with van der Waals surface area (Å²) in [4.78, 5) is 35.7. The van der Waals surface area contributed by atoms with Crippen LogP contribution < -0.4 is 10.8 Å². The van der Waals surface area contributed by atoms with Gasteiger partial charge in [0.05, 0.1) is 6.04 Å². The van der Waals surface area contributed by atoms with Crippen molar-refractivity contribution in [3.05, 3.63) is 74.8 Å². The van der Waals surface area contributed by atoms with Gasteiger partial charge in [-0.15, -0.1) is 0 Å². The number of carbonyl (C=O) groups excluding carboxylic acids is 3. The van der Waals surface area contributed by atoms with E-state index in [2.05, 4.69) is 11.4 Å². The van der Waals surface area contributed by atoms with E-state index in [0.717, 1.165) is 48.8 Å². The molecule has 2 amide bonds. The highest BCUT2D eigenvalue weighted by Gasteiger charge is 2.23. The van der Waals surface area contributed by atoms with Gasteiger partial charge in [0.2, 0.25) is 11.8 Å². The molecule has 0 heterocycles. The number of nitrogens with one attached hydrogen (secondary N) is 2. The summed E-state index contributed by atoms with van der Waals surface area (Å²) in [5.41, 5.74) is 5.66. The number of fused-ring (bicyclic) bond motifs is 1. The van der Waals surface area contributed by atoms with E-state index in [1.807, 2.05) is 18.2 Å². The molecule has 1 unspecified atom stereocenters. The van der Waals surface area contributed by atoms with Gasteiger partial charge in [-0.2, -0.15) is 0 Å². The minimum absolute atomic E-state index is 0.0120. The maximum absolute atomic E-state index is 12.4. The Morgan fingerprint density at radius 2 is 1.63 bits per heavy atom. The lowest BCUT2D eigenvalue weighted by atomic mass is 10.0. The first-order valence-electron chi connectivity index (χ1n) is 11.8. The zero-order chi connectivity index (χ0) is 25.2. The van der Waals surface area contributed by atoms with Crippen LogP contribution in [-0.2, 0) is 27.2 Å². The molecular formula is C27H30Cl2N2O4. The summed E-state index contributed by atoms with van der Waals surface area (Å²) in [6, 6.07) is 11.2. The zero-order valence-corrected chi connectivity index (χ0v) is 21.0. The van der Waals surface area contributed by atoms with E-state index in [1.165, 1.54) is 5.56 Å². The molecule has 1 atom stereocenters. The number of hydroxylamine groups is 1. The number of halogens is 2. The molecule has 0 bridgehead atoms. The summed E-state index contributed by atoms with van der Waals surface area (Å²) >= 11 is 12.0. The average molecular weight is 517 g/mol. The Hall–Kier alpha value is -2.67. The number of rotatable bonds is 12. The number of carbonyl (C=O) groups is 3. The van der Waals surface area contributed by atoms with E-state index in [-0.39, 0.29) is 30.1 Å². The maximum Gasteiger partial charge on any atom is 0.243 e. The number of ketones is 1. The fraction of sp³-hybridized carbons (Fsp3) is 0.370. The summed E-state index contributed by atoms with van der Waals surface area (Å²) in [5, 5.41) is 12.6. The largest absolute Gasteiger partial charge is 0.349 e. The Labute approximate surface area is 215 Å². The summed E-state index contributed by atoms with van der Waals surface area (Å²) in [6.07, 6.45) is 9.28. The molecule has 0 saturated carbocycles. The van der Waals surface area contributed by atoms with E-state index >= 15 is 0 Å². The van der Waals surface area contributed by atoms with Gasteiger partial charge in [0.15, 0.2) is 5.78 Å². The van der Waals surface area contributed by atoms with Crippen molar-refractivity contribution in [2.75, 3.05) is 0 Å². The van der Waals surface area contributed by atoms with Crippen molar-refractivity contribution < 1.29 is 19.6 Å². The Bertz CT molecular complexity index is 1080. The fourth-order valence-electron chi connectivity index (χ4n) is 4.30. The average Bonchev–Trinajstić information content (AvgIpc) is 3.20. The van der Waals surface area contributed by atoms with E-state index in [0.29, 0.717) is 29.3 Å². The molecule has 0 radical (unpaired) electrons. The normalized spacial score (nSPS) is 14.7. The SMILES string of the molecule is O=C(/C=C/c1ccc2c(c1)CCC2NC(=O)CCCCCCC(=O)NO)Cc1cc(Cl)cc(Cl)c1. The van der Waals surface area contributed by atoms with Crippen LogP contribution in [-0.4, -0.2) is 22.8 Å². The number of hydrogen-bond acceptors (Lipinski definition) is 4. The second-order valence-corrected chi connectivity index (χ2v) is 9.69. The second-order valence-electron chi connectivity index (χ2n) is 8.82. The van der Waals surface area contributed by atoms with Crippen molar-refractivity contribution in [1.82, 2.24) is 10.8 Å². The summed E-state index contributed by atoms with van der Waals surface area (Å²) in [7, 11) is 0. The van der Waals surface area contributed by atoms with Crippen LogP contribution in [0.1, 0.15) is 73.2 Å². The molecule has 2 aromatic carbocycles. The predicted octanol–water partition coefficient (Wildman–Crippen LogP) is 5.77. The Balaban J connectivity index is 1.45. The third-order valence-electron chi connectivity index (χ3n) is 6.02. The van der Waals surface area contributed by atoms with Crippen LogP contribution in [0.15, 0.2) is 42.5 Å². The van der Waals surface area contributed by atoms with Gasteiger partial charge in [0, 0.05) is 29.3 Å². The number of amides is 2. The zero-order valence-electron chi connectivity index (χ0n) is 19.5. The molecule has 8 heteroatoms. The van der Waals surface area contributed by atoms with Crippen LogP contribution >= 0.6 is 23.2 Å². The van der Waals surface area contributed by atoms with Gasteiger partial charge in [-0.05, 0) is 72.2 Å². The molecule has 0 aromatic heterocycles. The fourth-order valence-corrected chi connectivity index (χ4v) is 4.87. The first-order valence-corrected chi connectivity index (χ1v) is 12.6. The number of benzene rings is 2. The first-order chi connectivity index (χ1) is 16.8. The smallest absolute Gasteiger partial charge is 0.243 e. The number of allylic oxidation sites excluding steroid dienone is 1. The Kier molecular flexibility index (Phi) is 10.3. The lowest BCUT2D eigenvalue weighted by molar-refractivity contribution is -0.129. The Morgan fingerprint density at radius 1 is 0.943 bits per heavy atom. The molecule has 0 aliphatic heterocycles. The summed E-state index contributed by atoms with van der Waals surface area (Å²) in [5.74, 6) is -0.381.